The van der Waals surface area contributed by atoms with Gasteiger partial charge in [-0.2, -0.15) is 0 Å². The molecule has 4 N–H and O–H groups in total. The third-order valence-corrected chi connectivity index (χ3v) is 5.45. The third kappa shape index (κ3) is 7.53. The fraction of sp³-hybridized carbons (Fsp3) is 0.286. The van der Waals surface area contributed by atoms with Gasteiger partial charge in [-0.3, -0.25) is 4.90 Å². The SMILES string of the molecule is CC(C)(C)OC(=O)NCCOc1ccc(C(=O)O)cc1Nc1ccc2c(n1)N(C(=O)Nc1ccccc1)CCO2. The fourth-order valence-electron chi connectivity index (χ4n) is 3.73. The van der Waals surface area contributed by atoms with E-state index >= 15 is 0 Å². The normalized spacial score (nSPS) is 12.4. The van der Waals surface area contributed by atoms with E-state index in [0.717, 1.165) is 0 Å². The van der Waals surface area contributed by atoms with E-state index in [1.165, 1.54) is 23.1 Å². The predicted octanol–water partition coefficient (Wildman–Crippen LogP) is 4.86. The first kappa shape index (κ1) is 28.0. The summed E-state index contributed by atoms with van der Waals surface area (Å²) in [5, 5.41) is 18.0. The zero-order valence-electron chi connectivity index (χ0n) is 22.4. The Bertz CT molecular complexity index is 1380. The Morgan fingerprint density at radius 1 is 1.07 bits per heavy atom. The number of pyridine rings is 1. The molecule has 0 saturated carbocycles. The van der Waals surface area contributed by atoms with Crippen LogP contribution in [0.15, 0.2) is 60.7 Å². The molecule has 2 heterocycles. The molecule has 2 aromatic carbocycles. The van der Waals surface area contributed by atoms with Crippen molar-refractivity contribution in [2.45, 2.75) is 26.4 Å². The molecular formula is C28H31N5O7. The van der Waals surface area contributed by atoms with E-state index in [4.69, 9.17) is 14.2 Å². The van der Waals surface area contributed by atoms with E-state index in [1.54, 1.807) is 45.0 Å². The number of carboxylic acid groups (broad SMARTS) is 1. The highest BCUT2D eigenvalue weighted by Crippen LogP contribution is 2.34. The lowest BCUT2D eigenvalue weighted by Crippen LogP contribution is -2.41. The number of anilines is 4. The number of carbonyl (C=O) groups is 3. The summed E-state index contributed by atoms with van der Waals surface area (Å²) in [6, 6.07) is 16.4. The molecule has 1 aromatic heterocycles. The smallest absolute Gasteiger partial charge is 0.407 e. The van der Waals surface area contributed by atoms with E-state index in [1.807, 2.05) is 18.2 Å². The van der Waals surface area contributed by atoms with Crippen LogP contribution in [0, 0.1) is 0 Å². The van der Waals surface area contributed by atoms with Crippen molar-refractivity contribution in [3.8, 4) is 11.5 Å². The van der Waals surface area contributed by atoms with Crippen molar-refractivity contribution in [2.75, 3.05) is 41.8 Å². The largest absolute Gasteiger partial charge is 0.490 e. The highest BCUT2D eigenvalue weighted by Gasteiger charge is 2.26. The standard InChI is InChI=1S/C28H31N5O7/c1-28(2,3)40-27(37)29-13-15-38-21-10-9-18(25(34)35)17-20(21)31-23-12-11-22-24(32-23)33(14-16-39-22)26(36)30-19-7-5-4-6-8-19/h4-12,17H,13-16H2,1-3H3,(H,29,37)(H,30,36)(H,31,32)(H,34,35). The van der Waals surface area contributed by atoms with Crippen molar-refractivity contribution >= 4 is 41.1 Å². The van der Waals surface area contributed by atoms with E-state index in [0.29, 0.717) is 41.1 Å². The number of para-hydroxylation sites is 1. The van der Waals surface area contributed by atoms with Crippen molar-refractivity contribution in [3.05, 3.63) is 66.2 Å². The molecule has 0 saturated heterocycles. The molecule has 1 aliphatic rings. The van der Waals surface area contributed by atoms with E-state index < -0.39 is 17.7 Å². The topological polar surface area (TPSA) is 151 Å². The van der Waals surface area contributed by atoms with E-state index in [-0.39, 0.29) is 31.3 Å². The van der Waals surface area contributed by atoms with Crippen LogP contribution in [-0.4, -0.2) is 60.1 Å². The number of carboxylic acids is 1. The number of nitrogens with one attached hydrogen (secondary N) is 3. The molecular weight excluding hydrogens is 518 g/mol. The molecule has 210 valence electrons. The minimum absolute atomic E-state index is 0.0342. The molecule has 0 spiro atoms. The average Bonchev–Trinajstić information content (AvgIpc) is 2.91. The number of nitrogens with zero attached hydrogens (tertiary/aromatic N) is 2. The molecule has 3 aromatic rings. The van der Waals surface area contributed by atoms with Crippen LogP contribution >= 0.6 is 0 Å². The number of rotatable bonds is 8. The van der Waals surface area contributed by atoms with Crippen molar-refractivity contribution in [3.63, 3.8) is 0 Å². The van der Waals surface area contributed by atoms with Crippen LogP contribution in [0.2, 0.25) is 0 Å². The number of amides is 3. The monoisotopic (exact) mass is 549 g/mol. The molecule has 12 nitrogen and oxygen atoms in total. The van der Waals surface area contributed by atoms with E-state index in [2.05, 4.69) is 20.9 Å². The highest BCUT2D eigenvalue weighted by atomic mass is 16.6. The number of fused-ring (bicyclic) bond motifs is 1. The third-order valence-electron chi connectivity index (χ3n) is 5.45. The second-order valence-electron chi connectivity index (χ2n) is 9.73. The first-order valence-electron chi connectivity index (χ1n) is 12.6. The lowest BCUT2D eigenvalue weighted by Gasteiger charge is -2.29. The van der Waals surface area contributed by atoms with Crippen LogP contribution < -0.4 is 30.3 Å². The summed E-state index contributed by atoms with van der Waals surface area (Å²) in [4.78, 5) is 42.6. The summed E-state index contributed by atoms with van der Waals surface area (Å²) in [5.74, 6) is 0.301. The average molecular weight is 550 g/mol. The van der Waals surface area contributed by atoms with Crippen LogP contribution in [0.4, 0.5) is 32.6 Å². The van der Waals surface area contributed by atoms with Gasteiger partial charge in [0.05, 0.1) is 24.3 Å². The molecule has 40 heavy (non-hydrogen) atoms. The molecule has 0 atom stereocenters. The minimum Gasteiger partial charge on any atom is -0.490 e. The van der Waals surface area contributed by atoms with Crippen LogP contribution in [0.5, 0.6) is 11.5 Å². The Hall–Kier alpha value is -5.00. The van der Waals surface area contributed by atoms with Gasteiger partial charge in [-0.25, -0.2) is 19.4 Å². The Labute approximate surface area is 231 Å². The summed E-state index contributed by atoms with van der Waals surface area (Å²) in [5.41, 5.74) is 0.385. The number of aromatic nitrogens is 1. The number of urea groups is 1. The molecule has 0 unspecified atom stereocenters. The number of ether oxygens (including phenoxy) is 3. The molecule has 1 aliphatic heterocycles. The van der Waals surface area contributed by atoms with Crippen molar-refractivity contribution in [1.82, 2.24) is 10.3 Å². The van der Waals surface area contributed by atoms with Crippen LogP contribution in [0.3, 0.4) is 0 Å². The number of hydrogen-bond acceptors (Lipinski definition) is 8. The summed E-state index contributed by atoms with van der Waals surface area (Å²) < 4.78 is 16.7. The Morgan fingerprint density at radius 2 is 1.85 bits per heavy atom. The second kappa shape index (κ2) is 12.2. The maximum absolute atomic E-state index is 13.0. The summed E-state index contributed by atoms with van der Waals surface area (Å²) in [7, 11) is 0. The molecule has 0 radical (unpaired) electrons. The molecule has 3 amide bonds. The maximum Gasteiger partial charge on any atom is 0.407 e. The van der Waals surface area contributed by atoms with Crippen molar-refractivity contribution in [2.24, 2.45) is 0 Å². The Morgan fingerprint density at radius 3 is 2.58 bits per heavy atom. The van der Waals surface area contributed by atoms with Gasteiger partial charge < -0.3 is 35.3 Å². The highest BCUT2D eigenvalue weighted by molar-refractivity contribution is 6.02. The number of alkyl carbamates (subject to hydrolysis) is 1. The van der Waals surface area contributed by atoms with Crippen molar-refractivity contribution in [1.29, 1.82) is 0 Å². The van der Waals surface area contributed by atoms with Gasteiger partial charge in [0.15, 0.2) is 11.6 Å². The molecule has 12 heteroatoms. The van der Waals surface area contributed by atoms with Gasteiger partial charge in [-0.15, -0.1) is 0 Å². The minimum atomic E-state index is -1.11. The van der Waals surface area contributed by atoms with Gasteiger partial charge in [-0.05, 0) is 63.2 Å². The lowest BCUT2D eigenvalue weighted by atomic mass is 10.2. The number of benzene rings is 2. The summed E-state index contributed by atoms with van der Waals surface area (Å²) >= 11 is 0. The van der Waals surface area contributed by atoms with Crippen LogP contribution in [-0.2, 0) is 4.74 Å². The molecule has 0 fully saturated rings. The fourth-order valence-corrected chi connectivity index (χ4v) is 3.73. The number of hydrogen-bond donors (Lipinski definition) is 4. The quantitative estimate of drug-likeness (QED) is 0.289. The van der Waals surface area contributed by atoms with Crippen LogP contribution in [0.25, 0.3) is 0 Å². The summed E-state index contributed by atoms with van der Waals surface area (Å²) in [6.45, 7) is 6.14. The second-order valence-corrected chi connectivity index (χ2v) is 9.73. The van der Waals surface area contributed by atoms with Gasteiger partial charge >= 0.3 is 18.1 Å². The number of aromatic carboxylic acids is 1. The lowest BCUT2D eigenvalue weighted by molar-refractivity contribution is 0.0519. The zero-order valence-corrected chi connectivity index (χ0v) is 22.4. The van der Waals surface area contributed by atoms with Crippen LogP contribution in [0.1, 0.15) is 31.1 Å². The van der Waals surface area contributed by atoms with Gasteiger partial charge in [0.1, 0.15) is 30.4 Å². The maximum atomic E-state index is 13.0. The summed E-state index contributed by atoms with van der Waals surface area (Å²) in [6.07, 6.45) is -0.572. The van der Waals surface area contributed by atoms with E-state index in [9.17, 15) is 19.5 Å². The first-order valence-corrected chi connectivity index (χ1v) is 12.6. The number of carbonyl (C=O) groups excluding carboxylic acids is 2. The molecule has 4 rings (SSSR count). The van der Waals surface area contributed by atoms with Gasteiger partial charge in [0, 0.05) is 5.69 Å². The Kier molecular flexibility index (Phi) is 8.57. The predicted molar refractivity (Wildman–Crippen MR) is 149 cm³/mol. The van der Waals surface area contributed by atoms with Crippen molar-refractivity contribution < 1.29 is 33.7 Å². The molecule has 0 bridgehead atoms. The first-order chi connectivity index (χ1) is 19.1. The van der Waals surface area contributed by atoms with Gasteiger partial charge in [0.2, 0.25) is 0 Å². The zero-order chi connectivity index (χ0) is 28.7. The molecule has 0 aliphatic carbocycles. The van der Waals surface area contributed by atoms with Gasteiger partial charge in [0.25, 0.3) is 0 Å². The van der Waals surface area contributed by atoms with Gasteiger partial charge in [-0.1, -0.05) is 18.2 Å². The Balaban J connectivity index is 1.49.